The van der Waals surface area contributed by atoms with E-state index in [9.17, 15) is 9.59 Å². The van der Waals surface area contributed by atoms with Crippen molar-refractivity contribution < 1.29 is 4.79 Å². The standard InChI is InChI=1S/C14H18N6O2/c21-13-15-9-11-10-17(5-7-18(11)13)6-8-20-14(22)19-4-2-1-3-12(19)16-20/h1-4,11H,5-10H2,(H,15,21). The summed E-state index contributed by atoms with van der Waals surface area (Å²) in [6.07, 6.45) is 1.73. The van der Waals surface area contributed by atoms with Gasteiger partial charge in [-0.15, -0.1) is 5.10 Å². The molecule has 0 aliphatic carbocycles. The summed E-state index contributed by atoms with van der Waals surface area (Å²) in [5.74, 6) is 0. The number of rotatable bonds is 3. The highest BCUT2D eigenvalue weighted by atomic mass is 16.2. The van der Waals surface area contributed by atoms with Gasteiger partial charge in [0, 0.05) is 38.9 Å². The summed E-state index contributed by atoms with van der Waals surface area (Å²) >= 11 is 0. The molecule has 2 aromatic rings. The number of urea groups is 1. The molecule has 2 aliphatic rings. The molecule has 4 heterocycles. The molecule has 2 aromatic heterocycles. The van der Waals surface area contributed by atoms with Gasteiger partial charge in [0.05, 0.1) is 12.6 Å². The number of hydrogen-bond acceptors (Lipinski definition) is 4. The Labute approximate surface area is 126 Å². The number of piperazine rings is 1. The van der Waals surface area contributed by atoms with Crippen molar-refractivity contribution in [3.8, 4) is 0 Å². The molecular formula is C14H18N6O2. The molecule has 0 bridgehead atoms. The lowest BCUT2D eigenvalue weighted by molar-refractivity contribution is 0.117. The van der Waals surface area contributed by atoms with Gasteiger partial charge in [-0.1, -0.05) is 6.07 Å². The fourth-order valence-electron chi connectivity index (χ4n) is 3.22. The third-order valence-electron chi connectivity index (χ3n) is 4.43. The fourth-order valence-corrected chi connectivity index (χ4v) is 3.22. The largest absolute Gasteiger partial charge is 0.350 e. The summed E-state index contributed by atoms with van der Waals surface area (Å²) in [6, 6.07) is 5.81. The molecule has 22 heavy (non-hydrogen) atoms. The second-order valence-electron chi connectivity index (χ2n) is 5.77. The summed E-state index contributed by atoms with van der Waals surface area (Å²) in [6.45, 7) is 4.48. The molecule has 8 nitrogen and oxygen atoms in total. The Hall–Kier alpha value is -2.35. The number of carbonyl (C=O) groups excluding carboxylic acids is 1. The predicted molar refractivity (Wildman–Crippen MR) is 79.8 cm³/mol. The summed E-state index contributed by atoms with van der Waals surface area (Å²) < 4.78 is 3.07. The van der Waals surface area contributed by atoms with Crippen molar-refractivity contribution in [2.45, 2.75) is 12.6 Å². The minimum Gasteiger partial charge on any atom is -0.336 e. The molecule has 0 spiro atoms. The smallest absolute Gasteiger partial charge is 0.336 e. The molecule has 2 saturated heterocycles. The van der Waals surface area contributed by atoms with Crippen LogP contribution in [0.15, 0.2) is 29.2 Å². The lowest BCUT2D eigenvalue weighted by Gasteiger charge is -2.36. The van der Waals surface area contributed by atoms with Crippen LogP contribution in [0.4, 0.5) is 4.79 Å². The maximum atomic E-state index is 12.2. The van der Waals surface area contributed by atoms with Crippen LogP contribution in [-0.4, -0.2) is 68.8 Å². The molecule has 2 fully saturated rings. The Morgan fingerprint density at radius 1 is 1.23 bits per heavy atom. The minimum atomic E-state index is -0.105. The number of pyridine rings is 1. The van der Waals surface area contributed by atoms with Crippen LogP contribution in [-0.2, 0) is 6.54 Å². The van der Waals surface area contributed by atoms with Crippen molar-refractivity contribution in [3.63, 3.8) is 0 Å². The second kappa shape index (κ2) is 5.13. The van der Waals surface area contributed by atoms with E-state index in [4.69, 9.17) is 0 Å². The normalized spacial score (nSPS) is 22.1. The summed E-state index contributed by atoms with van der Waals surface area (Å²) in [5.41, 5.74) is 0.565. The van der Waals surface area contributed by atoms with E-state index < -0.39 is 0 Å². The van der Waals surface area contributed by atoms with Crippen LogP contribution in [0.2, 0.25) is 0 Å². The Morgan fingerprint density at radius 3 is 3.00 bits per heavy atom. The molecule has 2 aliphatic heterocycles. The quantitative estimate of drug-likeness (QED) is 0.806. The first-order chi connectivity index (χ1) is 10.7. The van der Waals surface area contributed by atoms with Gasteiger partial charge in [0.1, 0.15) is 0 Å². The van der Waals surface area contributed by atoms with E-state index in [2.05, 4.69) is 15.3 Å². The van der Waals surface area contributed by atoms with Gasteiger partial charge in [0.15, 0.2) is 5.65 Å². The van der Waals surface area contributed by atoms with Gasteiger partial charge in [-0.25, -0.2) is 14.3 Å². The van der Waals surface area contributed by atoms with Crippen molar-refractivity contribution in [2.75, 3.05) is 32.7 Å². The average Bonchev–Trinajstić information content (AvgIpc) is 3.07. The Balaban J connectivity index is 1.43. The zero-order valence-electron chi connectivity index (χ0n) is 12.2. The maximum absolute atomic E-state index is 12.2. The molecule has 4 rings (SSSR count). The van der Waals surface area contributed by atoms with Gasteiger partial charge in [0.2, 0.25) is 0 Å². The van der Waals surface area contributed by atoms with E-state index in [1.807, 2.05) is 23.1 Å². The van der Waals surface area contributed by atoms with Crippen molar-refractivity contribution >= 4 is 11.7 Å². The van der Waals surface area contributed by atoms with Crippen LogP contribution in [0, 0.1) is 0 Å². The van der Waals surface area contributed by atoms with Gasteiger partial charge in [0.25, 0.3) is 0 Å². The van der Waals surface area contributed by atoms with Gasteiger partial charge >= 0.3 is 11.7 Å². The number of nitrogens with one attached hydrogen (secondary N) is 1. The topological polar surface area (TPSA) is 74.9 Å². The van der Waals surface area contributed by atoms with Gasteiger partial charge in [-0.05, 0) is 12.1 Å². The monoisotopic (exact) mass is 302 g/mol. The van der Waals surface area contributed by atoms with E-state index >= 15 is 0 Å². The molecule has 1 unspecified atom stereocenters. The van der Waals surface area contributed by atoms with Crippen LogP contribution >= 0.6 is 0 Å². The van der Waals surface area contributed by atoms with Crippen molar-refractivity contribution in [3.05, 3.63) is 34.9 Å². The Kier molecular flexibility index (Phi) is 3.11. The lowest BCUT2D eigenvalue weighted by atomic mass is 10.2. The van der Waals surface area contributed by atoms with Crippen molar-refractivity contribution in [1.82, 2.24) is 29.3 Å². The Bertz CT molecular complexity index is 766. The fraction of sp³-hybridized carbons (Fsp3) is 0.500. The SMILES string of the molecule is O=C1NCC2CN(CCn3nc4ccccn4c3=O)CCN12. The maximum Gasteiger partial charge on any atom is 0.350 e. The molecule has 8 heteroatoms. The summed E-state index contributed by atoms with van der Waals surface area (Å²) in [7, 11) is 0. The molecule has 116 valence electrons. The lowest BCUT2D eigenvalue weighted by Crippen LogP contribution is -2.52. The highest BCUT2D eigenvalue weighted by molar-refractivity contribution is 5.77. The third-order valence-corrected chi connectivity index (χ3v) is 4.43. The number of fused-ring (bicyclic) bond motifs is 2. The van der Waals surface area contributed by atoms with Crippen LogP contribution in [0.1, 0.15) is 0 Å². The number of hydrogen-bond donors (Lipinski definition) is 1. The van der Waals surface area contributed by atoms with Crippen molar-refractivity contribution in [2.24, 2.45) is 0 Å². The first-order valence-electron chi connectivity index (χ1n) is 7.53. The first-order valence-corrected chi connectivity index (χ1v) is 7.53. The minimum absolute atomic E-state index is 0.0428. The van der Waals surface area contributed by atoms with Crippen LogP contribution in [0.3, 0.4) is 0 Å². The van der Waals surface area contributed by atoms with Crippen LogP contribution in [0.5, 0.6) is 0 Å². The highest BCUT2D eigenvalue weighted by Crippen LogP contribution is 2.13. The molecule has 1 N–H and O–H groups in total. The van der Waals surface area contributed by atoms with Gasteiger partial charge in [-0.2, -0.15) is 0 Å². The Morgan fingerprint density at radius 2 is 2.14 bits per heavy atom. The number of aromatic nitrogens is 3. The average molecular weight is 302 g/mol. The zero-order chi connectivity index (χ0) is 15.1. The number of amides is 2. The molecular weight excluding hydrogens is 284 g/mol. The van der Waals surface area contributed by atoms with Crippen molar-refractivity contribution in [1.29, 1.82) is 0 Å². The van der Waals surface area contributed by atoms with E-state index in [1.54, 1.807) is 10.6 Å². The second-order valence-corrected chi connectivity index (χ2v) is 5.77. The third kappa shape index (κ3) is 2.16. The molecule has 0 aromatic carbocycles. The molecule has 2 amide bonds. The van der Waals surface area contributed by atoms with E-state index in [0.29, 0.717) is 18.7 Å². The number of carbonyl (C=O) groups is 1. The van der Waals surface area contributed by atoms with Gasteiger partial charge < -0.3 is 10.2 Å². The number of nitrogens with zero attached hydrogens (tertiary/aromatic N) is 5. The van der Waals surface area contributed by atoms with E-state index in [-0.39, 0.29) is 17.8 Å². The molecule has 0 saturated carbocycles. The van der Waals surface area contributed by atoms with E-state index in [0.717, 1.165) is 26.2 Å². The zero-order valence-corrected chi connectivity index (χ0v) is 12.2. The molecule has 0 radical (unpaired) electrons. The predicted octanol–water partition coefficient (Wildman–Crippen LogP) is -0.795. The van der Waals surface area contributed by atoms with Gasteiger partial charge in [-0.3, -0.25) is 9.30 Å². The summed E-state index contributed by atoms with van der Waals surface area (Å²) in [5, 5.41) is 7.21. The summed E-state index contributed by atoms with van der Waals surface area (Å²) in [4.78, 5) is 28.0. The van der Waals surface area contributed by atoms with Crippen LogP contribution in [0.25, 0.3) is 5.65 Å². The van der Waals surface area contributed by atoms with Crippen LogP contribution < -0.4 is 11.0 Å². The first kappa shape index (κ1) is 13.3. The van der Waals surface area contributed by atoms with E-state index in [1.165, 1.54) is 4.68 Å². The molecule has 1 atom stereocenters. The highest BCUT2D eigenvalue weighted by Gasteiger charge is 2.35.